The number of methoxy groups -OCH3 is 1. The molecule has 0 atom stereocenters. The molecule has 0 saturated carbocycles. The number of nitro groups is 1. The topological polar surface area (TPSA) is 86.5 Å². The SMILES string of the molecule is COCCOCCNc1cc(C(F)(F)F)ncc1[N+](=O)[O-]. The Morgan fingerprint density at radius 1 is 1.38 bits per heavy atom. The number of hydrogen-bond donors (Lipinski definition) is 1. The first-order valence-electron chi connectivity index (χ1n) is 5.88. The van der Waals surface area contributed by atoms with Gasteiger partial charge in [0.1, 0.15) is 17.6 Å². The molecule has 1 aromatic heterocycles. The van der Waals surface area contributed by atoms with Crippen LogP contribution in [-0.2, 0) is 15.7 Å². The molecular formula is C11H14F3N3O4. The van der Waals surface area contributed by atoms with E-state index in [-0.39, 0.29) is 18.8 Å². The largest absolute Gasteiger partial charge is 0.433 e. The molecule has 1 N–H and O–H groups in total. The standard InChI is InChI=1S/C11H14F3N3O4/c1-20-4-5-21-3-2-15-8-6-10(11(12,13)14)16-7-9(8)17(18)19/h6-7H,2-5H2,1H3,(H,15,16). The molecule has 0 aliphatic rings. The van der Waals surface area contributed by atoms with Gasteiger partial charge in [-0.15, -0.1) is 0 Å². The fourth-order valence-electron chi connectivity index (χ4n) is 1.39. The van der Waals surface area contributed by atoms with Crippen molar-refractivity contribution >= 4 is 11.4 Å². The molecular weight excluding hydrogens is 295 g/mol. The van der Waals surface area contributed by atoms with Gasteiger partial charge in [-0.3, -0.25) is 10.1 Å². The van der Waals surface area contributed by atoms with Gasteiger partial charge in [0.05, 0.1) is 24.7 Å². The molecule has 0 aliphatic carbocycles. The molecule has 0 unspecified atom stereocenters. The van der Waals surface area contributed by atoms with Crippen molar-refractivity contribution in [3.8, 4) is 0 Å². The zero-order valence-electron chi connectivity index (χ0n) is 11.1. The van der Waals surface area contributed by atoms with Crippen molar-refractivity contribution in [1.29, 1.82) is 0 Å². The first kappa shape index (κ1) is 17.1. The minimum absolute atomic E-state index is 0.117. The summed E-state index contributed by atoms with van der Waals surface area (Å²) in [5.74, 6) is 0. The molecule has 10 heteroatoms. The van der Waals surface area contributed by atoms with E-state index in [9.17, 15) is 23.3 Å². The average Bonchev–Trinajstić information content (AvgIpc) is 2.41. The van der Waals surface area contributed by atoms with Gasteiger partial charge in [0.25, 0.3) is 0 Å². The Bertz CT molecular complexity index is 482. The molecule has 21 heavy (non-hydrogen) atoms. The highest BCUT2D eigenvalue weighted by Gasteiger charge is 2.34. The van der Waals surface area contributed by atoms with E-state index in [2.05, 4.69) is 10.3 Å². The van der Waals surface area contributed by atoms with Gasteiger partial charge in [-0.05, 0) is 6.07 Å². The highest BCUT2D eigenvalue weighted by molar-refractivity contribution is 5.61. The summed E-state index contributed by atoms with van der Waals surface area (Å²) in [6.07, 6.45) is -4.09. The summed E-state index contributed by atoms with van der Waals surface area (Å²) in [7, 11) is 1.50. The first-order chi connectivity index (χ1) is 9.86. The fraction of sp³-hybridized carbons (Fsp3) is 0.545. The lowest BCUT2D eigenvalue weighted by Gasteiger charge is -2.10. The maximum atomic E-state index is 12.5. The molecule has 1 aromatic rings. The van der Waals surface area contributed by atoms with E-state index in [1.54, 1.807) is 0 Å². The lowest BCUT2D eigenvalue weighted by Crippen LogP contribution is -2.14. The van der Waals surface area contributed by atoms with E-state index >= 15 is 0 Å². The van der Waals surface area contributed by atoms with Crippen LogP contribution < -0.4 is 5.32 Å². The third kappa shape index (κ3) is 5.52. The predicted octanol–water partition coefficient (Wildman–Crippen LogP) is 2.08. The van der Waals surface area contributed by atoms with Crippen LogP contribution in [0.25, 0.3) is 0 Å². The van der Waals surface area contributed by atoms with Crippen LogP contribution in [0.15, 0.2) is 12.3 Å². The Morgan fingerprint density at radius 2 is 2.10 bits per heavy atom. The molecule has 0 aromatic carbocycles. The second-order valence-electron chi connectivity index (χ2n) is 3.87. The number of aromatic nitrogens is 1. The summed E-state index contributed by atoms with van der Waals surface area (Å²) in [6, 6.07) is 0.604. The summed E-state index contributed by atoms with van der Waals surface area (Å²) in [4.78, 5) is 13.0. The van der Waals surface area contributed by atoms with E-state index in [0.29, 0.717) is 25.5 Å². The summed E-state index contributed by atoms with van der Waals surface area (Å²) >= 11 is 0. The highest BCUT2D eigenvalue weighted by Crippen LogP contribution is 2.32. The van der Waals surface area contributed by atoms with Crippen molar-refractivity contribution in [1.82, 2.24) is 4.98 Å². The Kier molecular flexibility index (Phi) is 6.31. The van der Waals surface area contributed by atoms with Gasteiger partial charge in [0.15, 0.2) is 0 Å². The van der Waals surface area contributed by atoms with Gasteiger partial charge < -0.3 is 14.8 Å². The van der Waals surface area contributed by atoms with Gasteiger partial charge in [-0.25, -0.2) is 4.98 Å². The van der Waals surface area contributed by atoms with Crippen LogP contribution in [0.3, 0.4) is 0 Å². The Labute approximate surface area is 118 Å². The molecule has 0 radical (unpaired) electrons. The van der Waals surface area contributed by atoms with Crippen LogP contribution in [0.4, 0.5) is 24.5 Å². The number of nitrogens with one attached hydrogen (secondary N) is 1. The van der Waals surface area contributed by atoms with E-state index in [1.165, 1.54) is 7.11 Å². The van der Waals surface area contributed by atoms with Gasteiger partial charge >= 0.3 is 11.9 Å². The third-order valence-corrected chi connectivity index (χ3v) is 2.36. The summed E-state index contributed by atoms with van der Waals surface area (Å²) in [5, 5.41) is 13.3. The molecule has 1 heterocycles. The smallest absolute Gasteiger partial charge is 0.382 e. The molecule has 0 bridgehead atoms. The number of alkyl halides is 3. The number of pyridine rings is 1. The summed E-state index contributed by atoms with van der Waals surface area (Å²) in [6.45, 7) is 0.994. The predicted molar refractivity (Wildman–Crippen MR) is 67.1 cm³/mol. The van der Waals surface area contributed by atoms with Crippen LogP contribution in [0, 0.1) is 10.1 Å². The number of nitrogens with zero attached hydrogens (tertiary/aromatic N) is 2. The molecule has 0 saturated heterocycles. The van der Waals surface area contributed by atoms with Gasteiger partial charge in [0.2, 0.25) is 0 Å². The average molecular weight is 309 g/mol. The maximum Gasteiger partial charge on any atom is 0.433 e. The Balaban J connectivity index is 2.71. The second-order valence-corrected chi connectivity index (χ2v) is 3.87. The molecule has 0 amide bonds. The molecule has 7 nitrogen and oxygen atoms in total. The number of hydrogen-bond acceptors (Lipinski definition) is 6. The van der Waals surface area contributed by atoms with E-state index < -0.39 is 22.5 Å². The van der Waals surface area contributed by atoms with Crippen LogP contribution in [-0.4, -0.2) is 43.4 Å². The minimum atomic E-state index is -4.67. The fourth-order valence-corrected chi connectivity index (χ4v) is 1.39. The third-order valence-electron chi connectivity index (χ3n) is 2.36. The molecule has 0 fully saturated rings. The van der Waals surface area contributed by atoms with E-state index in [1.807, 2.05) is 0 Å². The van der Waals surface area contributed by atoms with Crippen LogP contribution >= 0.6 is 0 Å². The van der Waals surface area contributed by atoms with E-state index in [0.717, 1.165) is 0 Å². The highest BCUT2D eigenvalue weighted by atomic mass is 19.4. The van der Waals surface area contributed by atoms with Crippen molar-refractivity contribution in [3.63, 3.8) is 0 Å². The van der Waals surface area contributed by atoms with Gasteiger partial charge in [0, 0.05) is 13.7 Å². The summed E-state index contributed by atoms with van der Waals surface area (Å²) < 4.78 is 47.4. The van der Waals surface area contributed by atoms with Crippen molar-refractivity contribution < 1.29 is 27.6 Å². The number of anilines is 1. The molecule has 0 aliphatic heterocycles. The molecule has 1 rings (SSSR count). The van der Waals surface area contributed by atoms with Crippen molar-refractivity contribution in [2.24, 2.45) is 0 Å². The van der Waals surface area contributed by atoms with Crippen molar-refractivity contribution in [2.75, 3.05) is 38.8 Å². The maximum absolute atomic E-state index is 12.5. The zero-order valence-corrected chi connectivity index (χ0v) is 11.1. The van der Waals surface area contributed by atoms with E-state index in [4.69, 9.17) is 9.47 Å². The lowest BCUT2D eigenvalue weighted by molar-refractivity contribution is -0.384. The van der Waals surface area contributed by atoms with Crippen LogP contribution in [0.1, 0.15) is 5.69 Å². The van der Waals surface area contributed by atoms with Gasteiger partial charge in [-0.1, -0.05) is 0 Å². The lowest BCUT2D eigenvalue weighted by atomic mass is 10.2. The first-order valence-corrected chi connectivity index (χ1v) is 5.88. The monoisotopic (exact) mass is 309 g/mol. The number of rotatable bonds is 8. The number of ether oxygens (including phenoxy) is 2. The van der Waals surface area contributed by atoms with Crippen molar-refractivity contribution in [3.05, 3.63) is 28.1 Å². The van der Waals surface area contributed by atoms with Crippen molar-refractivity contribution in [2.45, 2.75) is 6.18 Å². The quantitative estimate of drug-likeness (QED) is 0.449. The van der Waals surface area contributed by atoms with Gasteiger partial charge in [-0.2, -0.15) is 13.2 Å². The molecule has 118 valence electrons. The van der Waals surface area contributed by atoms with Crippen LogP contribution in [0.2, 0.25) is 0 Å². The number of halogens is 3. The normalized spacial score (nSPS) is 11.4. The minimum Gasteiger partial charge on any atom is -0.382 e. The Hall–Kier alpha value is -1.94. The summed E-state index contributed by atoms with van der Waals surface area (Å²) in [5.41, 5.74) is -1.98. The Morgan fingerprint density at radius 3 is 2.67 bits per heavy atom. The second kappa shape index (κ2) is 7.74. The van der Waals surface area contributed by atoms with Crippen LogP contribution in [0.5, 0.6) is 0 Å². The molecule has 0 spiro atoms. The zero-order chi connectivity index (χ0) is 15.9.